The van der Waals surface area contributed by atoms with Crippen LogP contribution < -0.4 is 5.73 Å². The van der Waals surface area contributed by atoms with E-state index in [4.69, 9.17) is 5.73 Å². The molecule has 0 radical (unpaired) electrons. The van der Waals surface area contributed by atoms with Crippen molar-refractivity contribution in [2.75, 3.05) is 7.11 Å². The lowest BCUT2D eigenvalue weighted by molar-refractivity contribution is 0.0596. The molecule has 1 aromatic carbocycles. The number of phenolic OH excluding ortho intramolecular Hbond substituents is 1. The summed E-state index contributed by atoms with van der Waals surface area (Å²) in [6.07, 6.45) is 3.45. The molecule has 0 saturated heterocycles. The molecule has 3 N–H and O–H groups in total. The Hall–Kier alpha value is -1.62. The van der Waals surface area contributed by atoms with Crippen molar-refractivity contribution in [1.82, 2.24) is 0 Å². The number of carbonyl (C=O) groups is 1. The second-order valence-electron chi connectivity index (χ2n) is 4.71. The molecule has 5 heteroatoms. The van der Waals surface area contributed by atoms with Crippen molar-refractivity contribution in [1.29, 1.82) is 0 Å². The second-order valence-corrected chi connectivity index (χ2v) is 4.71. The largest absolute Gasteiger partial charge is 0.504 e. The first-order valence-electron chi connectivity index (χ1n) is 5.88. The molecule has 0 aliphatic heterocycles. The molecule has 0 amide bonds. The standard InChI is InChI=1S/C13H16FNO3/c1-18-12(17)9-6-8(7-10(14)11(9)16)13(15)4-2-3-5-13/h6-7,16H,2-5,15H2,1H3. The summed E-state index contributed by atoms with van der Waals surface area (Å²) in [6, 6.07) is 2.63. The van der Waals surface area contributed by atoms with Crippen LogP contribution in [0.1, 0.15) is 41.6 Å². The topological polar surface area (TPSA) is 72.5 Å². The minimum absolute atomic E-state index is 0.177. The van der Waals surface area contributed by atoms with Crippen LogP contribution in [0.15, 0.2) is 12.1 Å². The van der Waals surface area contributed by atoms with E-state index in [0.29, 0.717) is 5.56 Å². The van der Waals surface area contributed by atoms with E-state index >= 15 is 0 Å². The molecule has 0 bridgehead atoms. The number of ether oxygens (including phenoxy) is 1. The molecule has 1 saturated carbocycles. The summed E-state index contributed by atoms with van der Waals surface area (Å²) in [5, 5.41) is 9.53. The van der Waals surface area contributed by atoms with Crippen molar-refractivity contribution < 1.29 is 19.0 Å². The number of esters is 1. The number of benzene rings is 1. The Morgan fingerprint density at radius 1 is 1.44 bits per heavy atom. The Balaban J connectivity index is 2.50. The van der Waals surface area contributed by atoms with Crippen molar-refractivity contribution in [2.24, 2.45) is 5.73 Å². The minimum Gasteiger partial charge on any atom is -0.504 e. The zero-order valence-corrected chi connectivity index (χ0v) is 10.2. The molecule has 1 fully saturated rings. The number of nitrogens with two attached hydrogens (primary N) is 1. The van der Waals surface area contributed by atoms with Gasteiger partial charge in [0.15, 0.2) is 11.6 Å². The first-order valence-corrected chi connectivity index (χ1v) is 5.88. The van der Waals surface area contributed by atoms with Crippen LogP contribution in [0, 0.1) is 5.82 Å². The number of halogens is 1. The number of carbonyl (C=O) groups excluding carboxylic acids is 1. The average molecular weight is 253 g/mol. The van der Waals surface area contributed by atoms with Crippen molar-refractivity contribution in [3.8, 4) is 5.75 Å². The minimum atomic E-state index is -0.843. The maximum absolute atomic E-state index is 13.6. The second kappa shape index (κ2) is 4.57. The zero-order chi connectivity index (χ0) is 13.3. The Morgan fingerprint density at radius 2 is 2.06 bits per heavy atom. The maximum Gasteiger partial charge on any atom is 0.341 e. The van der Waals surface area contributed by atoms with E-state index in [1.54, 1.807) is 0 Å². The summed E-state index contributed by atoms with van der Waals surface area (Å²) in [4.78, 5) is 11.5. The van der Waals surface area contributed by atoms with E-state index in [0.717, 1.165) is 25.7 Å². The quantitative estimate of drug-likeness (QED) is 0.791. The van der Waals surface area contributed by atoms with Gasteiger partial charge in [0.05, 0.1) is 7.11 Å². The Morgan fingerprint density at radius 3 is 2.61 bits per heavy atom. The van der Waals surface area contributed by atoms with Crippen molar-refractivity contribution in [3.63, 3.8) is 0 Å². The predicted molar refractivity (Wildman–Crippen MR) is 63.7 cm³/mol. The van der Waals surface area contributed by atoms with Crippen molar-refractivity contribution in [2.45, 2.75) is 31.2 Å². The molecule has 4 nitrogen and oxygen atoms in total. The molecule has 0 heterocycles. The molecule has 0 spiro atoms. The predicted octanol–water partition coefficient (Wildman–Crippen LogP) is 2.05. The van der Waals surface area contributed by atoms with Crippen LogP contribution in [0.25, 0.3) is 0 Å². The fourth-order valence-electron chi connectivity index (χ4n) is 2.45. The molecular formula is C13H16FNO3. The molecular weight excluding hydrogens is 237 g/mol. The third-order valence-corrected chi connectivity index (χ3v) is 3.54. The summed E-state index contributed by atoms with van der Waals surface area (Å²) >= 11 is 0. The normalized spacial score (nSPS) is 17.7. The highest BCUT2D eigenvalue weighted by molar-refractivity contribution is 5.92. The van der Waals surface area contributed by atoms with Gasteiger partial charge in [0.2, 0.25) is 0 Å². The van der Waals surface area contributed by atoms with Gasteiger partial charge in [-0.25, -0.2) is 9.18 Å². The lowest BCUT2D eigenvalue weighted by Gasteiger charge is -2.25. The Kier molecular flexibility index (Phi) is 3.26. The Bertz CT molecular complexity index is 481. The van der Waals surface area contributed by atoms with Crippen LogP contribution in [0.4, 0.5) is 4.39 Å². The first kappa shape index (κ1) is 12.8. The van der Waals surface area contributed by atoms with E-state index in [9.17, 15) is 14.3 Å². The molecule has 0 aromatic heterocycles. The van der Waals surface area contributed by atoms with Gasteiger partial charge in [-0.3, -0.25) is 0 Å². The van der Waals surface area contributed by atoms with Crippen LogP contribution in [0.3, 0.4) is 0 Å². The highest BCUT2D eigenvalue weighted by Crippen LogP contribution is 2.38. The molecule has 1 aliphatic carbocycles. The third kappa shape index (κ3) is 2.06. The van der Waals surface area contributed by atoms with Crippen molar-refractivity contribution in [3.05, 3.63) is 29.1 Å². The van der Waals surface area contributed by atoms with Crippen LogP contribution in [-0.4, -0.2) is 18.2 Å². The van der Waals surface area contributed by atoms with Gasteiger partial charge in [0.25, 0.3) is 0 Å². The lowest BCUT2D eigenvalue weighted by Crippen LogP contribution is -2.33. The van der Waals surface area contributed by atoms with Crippen molar-refractivity contribution >= 4 is 5.97 Å². The first-order chi connectivity index (χ1) is 8.48. The van der Waals surface area contributed by atoms with Gasteiger partial charge in [-0.05, 0) is 30.5 Å². The zero-order valence-electron chi connectivity index (χ0n) is 10.2. The molecule has 98 valence electrons. The molecule has 0 unspecified atom stereocenters. The SMILES string of the molecule is COC(=O)c1cc(C2(N)CCCC2)cc(F)c1O. The summed E-state index contributed by atoms with van der Waals surface area (Å²) in [7, 11) is 1.18. The summed E-state index contributed by atoms with van der Waals surface area (Å²) < 4.78 is 18.2. The average Bonchev–Trinajstić information content (AvgIpc) is 2.79. The maximum atomic E-state index is 13.6. The fraction of sp³-hybridized carbons (Fsp3) is 0.462. The van der Waals surface area contributed by atoms with E-state index < -0.39 is 23.1 Å². The van der Waals surface area contributed by atoms with Crippen LogP contribution in [-0.2, 0) is 10.3 Å². The number of methoxy groups -OCH3 is 1. The van der Waals surface area contributed by atoms with Crippen LogP contribution >= 0.6 is 0 Å². The number of hydrogen-bond donors (Lipinski definition) is 2. The monoisotopic (exact) mass is 253 g/mol. The van der Waals surface area contributed by atoms with E-state index in [2.05, 4.69) is 4.74 Å². The summed E-state index contributed by atoms with van der Waals surface area (Å²) in [5.41, 5.74) is 5.96. The number of hydrogen-bond acceptors (Lipinski definition) is 4. The number of rotatable bonds is 2. The summed E-state index contributed by atoms with van der Waals surface area (Å²) in [6.45, 7) is 0. The molecule has 1 aromatic rings. The number of phenols is 1. The molecule has 18 heavy (non-hydrogen) atoms. The molecule has 1 aliphatic rings. The van der Waals surface area contributed by atoms with Crippen LogP contribution in [0.2, 0.25) is 0 Å². The van der Waals surface area contributed by atoms with Gasteiger partial charge in [0, 0.05) is 5.54 Å². The van der Waals surface area contributed by atoms with E-state index in [1.165, 1.54) is 19.2 Å². The molecule has 2 rings (SSSR count). The highest BCUT2D eigenvalue weighted by Gasteiger charge is 2.33. The van der Waals surface area contributed by atoms with Gasteiger partial charge < -0.3 is 15.6 Å². The highest BCUT2D eigenvalue weighted by atomic mass is 19.1. The molecule has 0 atom stereocenters. The van der Waals surface area contributed by atoms with Gasteiger partial charge in [0.1, 0.15) is 5.56 Å². The Labute approximate surface area is 105 Å². The number of aromatic hydroxyl groups is 1. The third-order valence-electron chi connectivity index (χ3n) is 3.54. The van der Waals surface area contributed by atoms with Gasteiger partial charge in [-0.1, -0.05) is 12.8 Å². The fourth-order valence-corrected chi connectivity index (χ4v) is 2.45. The van der Waals surface area contributed by atoms with Gasteiger partial charge in [-0.2, -0.15) is 0 Å². The smallest absolute Gasteiger partial charge is 0.341 e. The summed E-state index contributed by atoms with van der Waals surface area (Å²) in [5.74, 6) is -2.30. The van der Waals surface area contributed by atoms with E-state index in [1.807, 2.05) is 0 Å². The lowest BCUT2D eigenvalue weighted by atomic mass is 9.88. The van der Waals surface area contributed by atoms with Gasteiger partial charge >= 0.3 is 5.97 Å². The van der Waals surface area contributed by atoms with Crippen LogP contribution in [0.5, 0.6) is 5.75 Å². The van der Waals surface area contributed by atoms with Gasteiger partial charge in [-0.15, -0.1) is 0 Å². The van der Waals surface area contributed by atoms with E-state index in [-0.39, 0.29) is 5.56 Å².